The molecule has 0 spiro atoms. The van der Waals surface area contributed by atoms with Gasteiger partial charge < -0.3 is 9.64 Å². The zero-order valence-electron chi connectivity index (χ0n) is 13.7. The van der Waals surface area contributed by atoms with Crippen LogP contribution in [0.5, 0.6) is 0 Å². The van der Waals surface area contributed by atoms with Crippen molar-refractivity contribution in [3.8, 4) is 0 Å². The molecule has 2 fully saturated rings. The van der Waals surface area contributed by atoms with Gasteiger partial charge in [-0.25, -0.2) is 8.78 Å². The summed E-state index contributed by atoms with van der Waals surface area (Å²) >= 11 is 0. The number of hydrogen-bond acceptors (Lipinski definition) is 2. The quantitative estimate of drug-likeness (QED) is 0.832. The van der Waals surface area contributed by atoms with E-state index in [2.05, 4.69) is 6.92 Å². The van der Waals surface area contributed by atoms with E-state index >= 15 is 0 Å². The second-order valence-corrected chi connectivity index (χ2v) is 7.25. The standard InChI is InChI=1S/C18H23F2NO2/c1-17(9-10-23-2)11-21(12-17)16(22)18(7-4-8-18)15-13(19)5-3-6-14(15)20/h3,5-6H,4,7-12H2,1-2H3. The van der Waals surface area contributed by atoms with Crippen molar-refractivity contribution in [3.63, 3.8) is 0 Å². The summed E-state index contributed by atoms with van der Waals surface area (Å²) in [6.07, 6.45) is 2.76. The van der Waals surface area contributed by atoms with E-state index in [1.54, 1.807) is 12.0 Å². The zero-order chi connectivity index (χ0) is 16.7. The molecule has 126 valence electrons. The van der Waals surface area contributed by atoms with Crippen LogP contribution in [0.25, 0.3) is 0 Å². The average molecular weight is 323 g/mol. The van der Waals surface area contributed by atoms with Gasteiger partial charge in [-0.3, -0.25) is 4.79 Å². The first kappa shape index (κ1) is 16.4. The van der Waals surface area contributed by atoms with Crippen molar-refractivity contribution in [1.29, 1.82) is 0 Å². The first-order valence-corrected chi connectivity index (χ1v) is 8.15. The maximum atomic E-state index is 14.2. The second kappa shape index (κ2) is 5.86. The minimum atomic E-state index is -1.00. The topological polar surface area (TPSA) is 29.5 Å². The zero-order valence-corrected chi connectivity index (χ0v) is 13.7. The lowest BCUT2D eigenvalue weighted by molar-refractivity contribution is -0.154. The van der Waals surface area contributed by atoms with E-state index in [0.29, 0.717) is 32.5 Å². The Kier molecular flexibility index (Phi) is 4.17. The molecular weight excluding hydrogens is 300 g/mol. The maximum absolute atomic E-state index is 14.2. The fraction of sp³-hybridized carbons (Fsp3) is 0.611. The van der Waals surface area contributed by atoms with Gasteiger partial charge in [0.2, 0.25) is 5.91 Å². The second-order valence-electron chi connectivity index (χ2n) is 7.25. The highest BCUT2D eigenvalue weighted by atomic mass is 19.1. The van der Waals surface area contributed by atoms with Gasteiger partial charge in [-0.15, -0.1) is 0 Å². The van der Waals surface area contributed by atoms with Gasteiger partial charge in [0.15, 0.2) is 0 Å². The summed E-state index contributed by atoms with van der Waals surface area (Å²) in [5, 5.41) is 0. The number of ether oxygens (including phenoxy) is 1. The van der Waals surface area contributed by atoms with Crippen molar-refractivity contribution in [1.82, 2.24) is 4.90 Å². The molecule has 1 aromatic carbocycles. The lowest BCUT2D eigenvalue weighted by atomic mass is 9.62. The summed E-state index contributed by atoms with van der Waals surface area (Å²) in [5.41, 5.74) is -0.996. The van der Waals surface area contributed by atoms with Crippen LogP contribution >= 0.6 is 0 Å². The van der Waals surface area contributed by atoms with Crippen LogP contribution in [0.1, 0.15) is 38.2 Å². The molecule has 5 heteroatoms. The summed E-state index contributed by atoms with van der Waals surface area (Å²) in [6.45, 7) is 4.04. The SMILES string of the molecule is COCCC1(C)CN(C(=O)C2(c3c(F)cccc3F)CCC2)C1. The number of amides is 1. The number of carbonyl (C=O) groups is 1. The molecule has 3 rings (SSSR count). The monoisotopic (exact) mass is 323 g/mol. The van der Waals surface area contributed by atoms with Crippen molar-refractivity contribution < 1.29 is 18.3 Å². The van der Waals surface area contributed by atoms with Gasteiger partial charge in [-0.1, -0.05) is 19.4 Å². The molecule has 0 atom stereocenters. The van der Waals surface area contributed by atoms with Gasteiger partial charge in [-0.05, 0) is 31.4 Å². The van der Waals surface area contributed by atoms with Gasteiger partial charge in [-0.2, -0.15) is 0 Å². The number of halogens is 2. The lowest BCUT2D eigenvalue weighted by Crippen LogP contribution is -2.63. The first-order valence-electron chi connectivity index (χ1n) is 8.15. The minimum Gasteiger partial charge on any atom is -0.385 e. The van der Waals surface area contributed by atoms with Crippen molar-refractivity contribution >= 4 is 5.91 Å². The van der Waals surface area contributed by atoms with E-state index in [9.17, 15) is 13.6 Å². The van der Waals surface area contributed by atoms with E-state index in [0.717, 1.165) is 12.8 Å². The molecule has 1 aliphatic carbocycles. The van der Waals surface area contributed by atoms with E-state index in [1.165, 1.54) is 18.2 Å². The van der Waals surface area contributed by atoms with Crippen LogP contribution in [0.2, 0.25) is 0 Å². The molecule has 23 heavy (non-hydrogen) atoms. The molecule has 2 aliphatic rings. The van der Waals surface area contributed by atoms with E-state index in [4.69, 9.17) is 4.74 Å². The number of nitrogens with zero attached hydrogens (tertiary/aromatic N) is 1. The van der Waals surface area contributed by atoms with Gasteiger partial charge >= 0.3 is 0 Å². The summed E-state index contributed by atoms with van der Waals surface area (Å²) in [7, 11) is 1.66. The molecule has 0 bridgehead atoms. The summed E-state index contributed by atoms with van der Waals surface area (Å²) in [6, 6.07) is 3.83. The summed E-state index contributed by atoms with van der Waals surface area (Å²) in [5.74, 6) is -1.34. The fourth-order valence-electron chi connectivity index (χ4n) is 3.88. The van der Waals surface area contributed by atoms with Crippen LogP contribution in [0.3, 0.4) is 0 Å². The molecule has 1 saturated carbocycles. The molecule has 1 aliphatic heterocycles. The molecule has 1 aromatic rings. The van der Waals surface area contributed by atoms with Gasteiger partial charge in [0.05, 0.1) is 5.41 Å². The number of methoxy groups -OCH3 is 1. The third-order valence-corrected chi connectivity index (χ3v) is 5.40. The normalized spacial score (nSPS) is 21.5. The van der Waals surface area contributed by atoms with Crippen LogP contribution < -0.4 is 0 Å². The molecular formula is C18H23F2NO2. The number of carbonyl (C=O) groups excluding carboxylic acids is 1. The number of rotatable bonds is 5. The Bertz CT molecular complexity index is 587. The van der Waals surface area contributed by atoms with Crippen molar-refractivity contribution in [3.05, 3.63) is 35.4 Å². The molecule has 1 heterocycles. The van der Waals surface area contributed by atoms with Crippen molar-refractivity contribution in [2.45, 2.75) is 38.0 Å². The van der Waals surface area contributed by atoms with Crippen LogP contribution in [0.4, 0.5) is 8.78 Å². The van der Waals surface area contributed by atoms with Crippen LogP contribution in [0.15, 0.2) is 18.2 Å². The molecule has 0 aromatic heterocycles. The molecule has 3 nitrogen and oxygen atoms in total. The van der Waals surface area contributed by atoms with Crippen molar-refractivity contribution in [2.24, 2.45) is 5.41 Å². The predicted molar refractivity (Wildman–Crippen MR) is 83.1 cm³/mol. The Morgan fingerprint density at radius 1 is 1.26 bits per heavy atom. The lowest BCUT2D eigenvalue weighted by Gasteiger charge is -2.53. The smallest absolute Gasteiger partial charge is 0.233 e. The maximum Gasteiger partial charge on any atom is 0.233 e. The third-order valence-electron chi connectivity index (χ3n) is 5.40. The van der Waals surface area contributed by atoms with E-state index in [1.807, 2.05) is 0 Å². The third kappa shape index (κ3) is 2.65. The van der Waals surface area contributed by atoms with Crippen LogP contribution in [-0.2, 0) is 14.9 Å². The number of hydrogen-bond donors (Lipinski definition) is 0. The molecule has 1 amide bonds. The first-order chi connectivity index (χ1) is 10.9. The summed E-state index contributed by atoms with van der Waals surface area (Å²) in [4.78, 5) is 14.7. The number of benzene rings is 1. The van der Waals surface area contributed by atoms with Crippen LogP contribution in [-0.4, -0.2) is 37.6 Å². The molecule has 1 saturated heterocycles. The Hall–Kier alpha value is -1.49. The summed E-state index contributed by atoms with van der Waals surface area (Å²) < 4.78 is 33.5. The highest BCUT2D eigenvalue weighted by Crippen LogP contribution is 2.49. The Morgan fingerprint density at radius 2 is 1.87 bits per heavy atom. The highest BCUT2D eigenvalue weighted by Gasteiger charge is 2.54. The molecule has 0 N–H and O–H groups in total. The van der Waals surface area contributed by atoms with Gasteiger partial charge in [0.1, 0.15) is 11.6 Å². The van der Waals surface area contributed by atoms with E-state index < -0.39 is 17.0 Å². The predicted octanol–water partition coefficient (Wildman–Crippen LogP) is 3.27. The Labute approximate surface area is 135 Å². The van der Waals surface area contributed by atoms with Crippen LogP contribution in [0, 0.1) is 17.0 Å². The molecule has 0 unspecified atom stereocenters. The fourth-order valence-corrected chi connectivity index (χ4v) is 3.88. The Balaban J connectivity index is 1.79. The van der Waals surface area contributed by atoms with E-state index in [-0.39, 0.29) is 16.9 Å². The van der Waals surface area contributed by atoms with Crippen molar-refractivity contribution in [2.75, 3.05) is 26.8 Å². The van der Waals surface area contributed by atoms with Gasteiger partial charge in [0, 0.05) is 37.8 Å². The van der Waals surface area contributed by atoms with Gasteiger partial charge in [0.25, 0.3) is 0 Å². The number of likely N-dealkylation sites (tertiary alicyclic amines) is 1. The largest absolute Gasteiger partial charge is 0.385 e. The minimum absolute atomic E-state index is 0.0401. The average Bonchev–Trinajstić information content (AvgIpc) is 2.43. The molecule has 0 radical (unpaired) electrons. The Morgan fingerprint density at radius 3 is 2.35 bits per heavy atom. The highest BCUT2D eigenvalue weighted by molar-refractivity contribution is 5.90.